The highest BCUT2D eigenvalue weighted by molar-refractivity contribution is 5.76. The Morgan fingerprint density at radius 3 is 2.56 bits per heavy atom. The van der Waals surface area contributed by atoms with Crippen LogP contribution in [0.1, 0.15) is 63.3 Å². The first-order valence-electron chi connectivity index (χ1n) is 12.7. The van der Waals surface area contributed by atoms with Gasteiger partial charge in [0, 0.05) is 29.9 Å². The van der Waals surface area contributed by atoms with Gasteiger partial charge < -0.3 is 15.4 Å². The number of anilines is 2. The van der Waals surface area contributed by atoms with Crippen LogP contribution in [0.2, 0.25) is 0 Å². The Labute approximate surface area is 211 Å². The number of aliphatic hydroxyl groups is 1. The molecule has 9 heteroatoms. The van der Waals surface area contributed by atoms with Gasteiger partial charge in [0.2, 0.25) is 5.95 Å². The largest absolute Gasteiger partial charge is 0.398 e. The summed E-state index contributed by atoms with van der Waals surface area (Å²) >= 11 is 0. The highest BCUT2D eigenvalue weighted by Crippen LogP contribution is 2.33. The number of pyridine rings is 1. The fourth-order valence-electron chi connectivity index (χ4n) is 5.18. The Bertz CT molecular complexity index is 1330. The van der Waals surface area contributed by atoms with Crippen molar-refractivity contribution in [3.05, 3.63) is 60.2 Å². The summed E-state index contributed by atoms with van der Waals surface area (Å²) in [6, 6.07) is 11.8. The van der Waals surface area contributed by atoms with Gasteiger partial charge in [-0.05, 0) is 43.9 Å². The molecule has 188 valence electrons. The lowest BCUT2D eigenvalue weighted by Crippen LogP contribution is -2.48. The molecule has 0 saturated heterocycles. The van der Waals surface area contributed by atoms with E-state index in [9.17, 15) is 5.11 Å². The molecule has 9 nitrogen and oxygen atoms in total. The number of para-hydroxylation sites is 1. The smallest absolute Gasteiger partial charge is 0.242 e. The zero-order valence-electron chi connectivity index (χ0n) is 20.9. The van der Waals surface area contributed by atoms with Crippen LogP contribution in [0.4, 0.5) is 11.6 Å². The molecule has 1 aromatic carbocycles. The first-order valence-corrected chi connectivity index (χ1v) is 12.7. The van der Waals surface area contributed by atoms with Crippen LogP contribution in [0.5, 0.6) is 0 Å². The van der Waals surface area contributed by atoms with Crippen LogP contribution in [0.15, 0.2) is 48.9 Å². The summed E-state index contributed by atoms with van der Waals surface area (Å²) in [6.07, 6.45) is 8.97. The molecule has 0 bridgehead atoms. The number of hydrazine groups is 1. The van der Waals surface area contributed by atoms with Crippen LogP contribution in [-0.2, 0) is 6.42 Å². The number of aliphatic hydroxyl groups excluding tert-OH is 1. The van der Waals surface area contributed by atoms with Gasteiger partial charge in [-0.25, -0.2) is 15.8 Å². The number of nitrogens with two attached hydrogens (primary N) is 2. The van der Waals surface area contributed by atoms with Crippen LogP contribution < -0.4 is 16.6 Å². The average Bonchev–Trinajstić information content (AvgIpc) is 3.55. The van der Waals surface area contributed by atoms with Crippen molar-refractivity contribution in [3.8, 4) is 11.3 Å². The van der Waals surface area contributed by atoms with Crippen molar-refractivity contribution in [2.75, 3.05) is 10.7 Å². The Morgan fingerprint density at radius 1 is 1.11 bits per heavy atom. The summed E-state index contributed by atoms with van der Waals surface area (Å²) in [5.74, 6) is 6.86. The van der Waals surface area contributed by atoms with Crippen LogP contribution in [0.25, 0.3) is 22.4 Å². The second-order valence-corrected chi connectivity index (χ2v) is 9.67. The van der Waals surface area contributed by atoms with E-state index in [0.29, 0.717) is 30.5 Å². The van der Waals surface area contributed by atoms with Crippen LogP contribution in [-0.4, -0.2) is 41.8 Å². The third kappa shape index (κ3) is 4.64. The van der Waals surface area contributed by atoms with Crippen LogP contribution in [0, 0.1) is 0 Å². The van der Waals surface area contributed by atoms with E-state index < -0.39 is 6.10 Å². The molecule has 1 fully saturated rings. The van der Waals surface area contributed by atoms with Crippen LogP contribution in [0.3, 0.4) is 0 Å². The van der Waals surface area contributed by atoms with Gasteiger partial charge in [0.25, 0.3) is 0 Å². The van der Waals surface area contributed by atoms with Gasteiger partial charge in [-0.2, -0.15) is 4.98 Å². The van der Waals surface area contributed by atoms with Crippen molar-refractivity contribution in [2.24, 2.45) is 5.84 Å². The molecular formula is C27H34N8O. The molecule has 3 aromatic heterocycles. The fraction of sp³-hybridized carbons (Fsp3) is 0.407. The summed E-state index contributed by atoms with van der Waals surface area (Å²) in [5.41, 5.74) is 11.9. The number of imidazole rings is 1. The number of hydrogen-bond donors (Lipinski definition) is 3. The topological polar surface area (TPSA) is 132 Å². The molecule has 4 aromatic rings. The van der Waals surface area contributed by atoms with Gasteiger partial charge in [-0.3, -0.25) is 9.99 Å². The van der Waals surface area contributed by atoms with Gasteiger partial charge in [0.1, 0.15) is 5.52 Å². The Balaban J connectivity index is 1.53. The zero-order valence-corrected chi connectivity index (χ0v) is 20.9. The van der Waals surface area contributed by atoms with Crippen molar-refractivity contribution >= 4 is 22.8 Å². The number of rotatable bonds is 8. The highest BCUT2D eigenvalue weighted by Gasteiger charge is 2.26. The molecule has 5 rings (SSSR count). The number of nitrogen functional groups attached to an aromatic ring is 1. The minimum absolute atomic E-state index is 0.296. The van der Waals surface area contributed by atoms with Crippen molar-refractivity contribution in [1.82, 2.24) is 24.5 Å². The van der Waals surface area contributed by atoms with Crippen molar-refractivity contribution in [3.63, 3.8) is 0 Å². The number of nitrogens with zero attached hydrogens (tertiary/aromatic N) is 6. The Kier molecular flexibility index (Phi) is 6.84. The normalized spacial score (nSPS) is 15.9. The molecule has 1 aliphatic rings. The summed E-state index contributed by atoms with van der Waals surface area (Å²) in [4.78, 5) is 19.1. The minimum Gasteiger partial charge on any atom is -0.398 e. The molecular weight excluding hydrogens is 452 g/mol. The molecule has 3 heterocycles. The average molecular weight is 487 g/mol. The molecule has 0 amide bonds. The standard InChI is InChI=1S/C27H34N8O/c1-3-24(17(2)36)35(29)27-32-23(25-26(33-27)34(16-31-25)19-8-4-5-9-19)14-18-12-13-22(30-15-18)20-10-6-7-11-21(20)28/h6-7,10-13,15-17,19,24,36H,3-5,8-9,14,28-29H2,1-2H3. The molecule has 5 N–H and O–H groups in total. The van der Waals surface area contributed by atoms with Crippen molar-refractivity contribution in [2.45, 2.75) is 70.6 Å². The summed E-state index contributed by atoms with van der Waals surface area (Å²) in [6.45, 7) is 3.73. The van der Waals surface area contributed by atoms with E-state index in [4.69, 9.17) is 26.5 Å². The van der Waals surface area contributed by atoms with Gasteiger partial charge in [-0.15, -0.1) is 0 Å². The lowest BCUT2D eigenvalue weighted by Gasteiger charge is -2.29. The summed E-state index contributed by atoms with van der Waals surface area (Å²) < 4.78 is 2.17. The Hall–Kier alpha value is -3.56. The molecule has 1 saturated carbocycles. The molecule has 2 atom stereocenters. The lowest BCUT2D eigenvalue weighted by atomic mass is 10.1. The maximum atomic E-state index is 10.3. The second-order valence-electron chi connectivity index (χ2n) is 9.67. The summed E-state index contributed by atoms with van der Waals surface area (Å²) in [5, 5.41) is 11.8. The third-order valence-electron chi connectivity index (χ3n) is 7.20. The zero-order chi connectivity index (χ0) is 25.2. The van der Waals surface area contributed by atoms with E-state index in [1.807, 2.05) is 55.8 Å². The fourth-order valence-corrected chi connectivity index (χ4v) is 5.18. The monoisotopic (exact) mass is 486 g/mol. The van der Waals surface area contributed by atoms with E-state index in [1.165, 1.54) is 17.9 Å². The van der Waals surface area contributed by atoms with Gasteiger partial charge in [0.15, 0.2) is 5.65 Å². The Morgan fingerprint density at radius 2 is 1.89 bits per heavy atom. The first kappa shape index (κ1) is 24.1. The maximum absolute atomic E-state index is 10.3. The van der Waals surface area contributed by atoms with Crippen LogP contribution >= 0.6 is 0 Å². The van der Waals surface area contributed by atoms with E-state index in [0.717, 1.165) is 46.5 Å². The predicted octanol–water partition coefficient (Wildman–Crippen LogP) is 4.02. The highest BCUT2D eigenvalue weighted by atomic mass is 16.3. The molecule has 1 aliphatic carbocycles. The molecule has 36 heavy (non-hydrogen) atoms. The van der Waals surface area contributed by atoms with Crippen molar-refractivity contribution in [1.29, 1.82) is 0 Å². The maximum Gasteiger partial charge on any atom is 0.242 e. The van der Waals surface area contributed by atoms with Crippen molar-refractivity contribution < 1.29 is 5.11 Å². The van der Waals surface area contributed by atoms with Gasteiger partial charge in [0.05, 0.1) is 29.9 Å². The van der Waals surface area contributed by atoms with E-state index in [2.05, 4.69) is 9.55 Å². The van der Waals surface area contributed by atoms with Gasteiger partial charge in [-0.1, -0.05) is 44.0 Å². The molecule has 0 spiro atoms. The molecule has 2 unspecified atom stereocenters. The second kappa shape index (κ2) is 10.2. The predicted molar refractivity (Wildman–Crippen MR) is 142 cm³/mol. The van der Waals surface area contributed by atoms with E-state index >= 15 is 0 Å². The van der Waals surface area contributed by atoms with E-state index in [-0.39, 0.29) is 6.04 Å². The summed E-state index contributed by atoms with van der Waals surface area (Å²) in [7, 11) is 0. The molecule has 0 aliphatic heterocycles. The van der Waals surface area contributed by atoms with Gasteiger partial charge >= 0.3 is 0 Å². The SMILES string of the molecule is CCC(C(C)O)N(N)c1nc(Cc2ccc(-c3ccccc3N)nc2)c2ncn(C3CCCC3)c2n1. The van der Waals surface area contributed by atoms with E-state index in [1.54, 1.807) is 6.92 Å². The lowest BCUT2D eigenvalue weighted by molar-refractivity contribution is 0.155. The number of hydrogen-bond acceptors (Lipinski definition) is 8. The third-order valence-corrected chi connectivity index (χ3v) is 7.20. The molecule has 0 radical (unpaired) electrons. The minimum atomic E-state index is -0.621. The number of aromatic nitrogens is 5. The number of benzene rings is 1. The number of fused-ring (bicyclic) bond motifs is 1. The quantitative estimate of drug-likeness (QED) is 0.193. The first-order chi connectivity index (χ1) is 17.5.